The molecule has 8 nitrogen and oxygen atoms in total. The first-order valence-corrected chi connectivity index (χ1v) is 11.3. The van der Waals surface area contributed by atoms with Gasteiger partial charge in [-0.25, -0.2) is 13.8 Å². The number of sulfonamides is 1. The van der Waals surface area contributed by atoms with Gasteiger partial charge in [0.2, 0.25) is 0 Å². The number of amides is 1. The Bertz CT molecular complexity index is 1330. The van der Waals surface area contributed by atoms with E-state index >= 15 is 0 Å². The molecule has 0 radical (unpaired) electrons. The highest BCUT2D eigenvalue weighted by atomic mass is 35.5. The van der Waals surface area contributed by atoms with Crippen LogP contribution in [0.25, 0.3) is 11.3 Å². The fourth-order valence-electron chi connectivity index (χ4n) is 3.36. The smallest absolute Gasteiger partial charge is 0.264 e. The molecule has 1 aromatic heterocycles. The van der Waals surface area contributed by atoms with Crippen LogP contribution in [-0.2, 0) is 21.4 Å². The second-order valence-corrected chi connectivity index (χ2v) is 9.65. The largest absolute Gasteiger partial charge is 0.271 e. The number of rotatable bonds is 4. The highest BCUT2D eigenvalue weighted by molar-refractivity contribution is 7.93. The van der Waals surface area contributed by atoms with Gasteiger partial charge >= 0.3 is 0 Å². The average molecular weight is 478 g/mol. The Labute approximate surface area is 189 Å². The second kappa shape index (κ2) is 7.99. The van der Waals surface area contributed by atoms with Crippen LogP contribution in [0.5, 0.6) is 0 Å². The number of hydrogen-bond donors (Lipinski definition) is 1. The van der Waals surface area contributed by atoms with E-state index in [2.05, 4.69) is 15.6 Å². The summed E-state index contributed by atoms with van der Waals surface area (Å²) in [7, 11) is -2.21. The van der Waals surface area contributed by atoms with Crippen molar-refractivity contribution in [2.75, 3.05) is 11.4 Å². The van der Waals surface area contributed by atoms with Crippen molar-refractivity contribution in [3.63, 3.8) is 0 Å². The third-order valence-corrected chi connectivity index (χ3v) is 7.30. The van der Waals surface area contributed by atoms with Gasteiger partial charge < -0.3 is 0 Å². The molecule has 2 heterocycles. The lowest BCUT2D eigenvalue weighted by Gasteiger charge is -2.26. The Kier molecular flexibility index (Phi) is 5.50. The summed E-state index contributed by atoms with van der Waals surface area (Å²) in [4.78, 5) is 12.6. The molecule has 3 aromatic rings. The van der Waals surface area contributed by atoms with Crippen molar-refractivity contribution in [2.45, 2.75) is 18.4 Å². The maximum absolute atomic E-state index is 12.8. The van der Waals surface area contributed by atoms with Crippen LogP contribution < -0.4 is 9.73 Å². The number of hydrazone groups is 1. The van der Waals surface area contributed by atoms with Crippen molar-refractivity contribution in [1.82, 2.24) is 15.2 Å². The molecule has 0 bridgehead atoms. The first-order valence-electron chi connectivity index (χ1n) is 9.13. The number of nitrogens with one attached hydrogen (secondary N) is 1. The van der Waals surface area contributed by atoms with Crippen molar-refractivity contribution in [2.24, 2.45) is 5.10 Å². The van der Waals surface area contributed by atoms with Crippen LogP contribution in [0.3, 0.4) is 0 Å². The molecule has 1 aliphatic heterocycles. The number of benzene rings is 2. The van der Waals surface area contributed by atoms with Crippen molar-refractivity contribution in [3.05, 3.63) is 63.8 Å². The van der Waals surface area contributed by atoms with Gasteiger partial charge in [-0.3, -0.25) is 13.8 Å². The van der Waals surface area contributed by atoms with Gasteiger partial charge in [0.25, 0.3) is 15.9 Å². The zero-order valence-electron chi connectivity index (χ0n) is 16.5. The maximum atomic E-state index is 12.8. The minimum absolute atomic E-state index is 0.138. The average Bonchev–Trinajstić information content (AvgIpc) is 3.04. The van der Waals surface area contributed by atoms with Crippen LogP contribution in [0, 0.1) is 6.92 Å². The second-order valence-electron chi connectivity index (χ2n) is 6.87. The van der Waals surface area contributed by atoms with Crippen molar-refractivity contribution >= 4 is 51.0 Å². The summed E-state index contributed by atoms with van der Waals surface area (Å²) < 4.78 is 28.3. The van der Waals surface area contributed by atoms with Gasteiger partial charge in [0.15, 0.2) is 0 Å². The van der Waals surface area contributed by atoms with Crippen LogP contribution in [-0.4, -0.2) is 37.4 Å². The van der Waals surface area contributed by atoms with Gasteiger partial charge in [-0.2, -0.15) is 10.2 Å². The summed E-state index contributed by atoms with van der Waals surface area (Å²) in [5, 5.41) is 9.32. The lowest BCUT2D eigenvalue weighted by Crippen LogP contribution is -2.30. The van der Waals surface area contributed by atoms with E-state index in [1.165, 1.54) is 22.2 Å². The quantitative estimate of drug-likeness (QED) is 0.459. The van der Waals surface area contributed by atoms with Gasteiger partial charge in [0, 0.05) is 23.2 Å². The molecular formula is C20H17Cl2N5O3S. The van der Waals surface area contributed by atoms with E-state index in [1.807, 2.05) is 0 Å². The minimum atomic E-state index is -3.69. The number of aromatic nitrogens is 2. The van der Waals surface area contributed by atoms with Crippen LogP contribution in [0.2, 0.25) is 10.0 Å². The molecule has 0 spiro atoms. The Hall–Kier alpha value is -2.88. The van der Waals surface area contributed by atoms with E-state index in [0.29, 0.717) is 38.2 Å². The van der Waals surface area contributed by atoms with Gasteiger partial charge in [0.05, 0.1) is 21.8 Å². The summed E-state index contributed by atoms with van der Waals surface area (Å²) in [6.07, 6.45) is 1.41. The molecule has 0 unspecified atom stereocenters. The number of anilines is 1. The monoisotopic (exact) mass is 477 g/mol. The fraction of sp³-hybridized carbons (Fsp3) is 0.150. The standard InChI is InChI=1S/C20H17Cl2N5O3S/c1-12-20-19(15-5-3-4-6-17(15)31(29,30)26(20)2)25-27(12)11-18(28)24-23-10-13-7-8-14(21)9-16(13)22/h3-10H,11H2,1-2H3,(H,24,28)/b23-10+. The molecule has 0 atom stereocenters. The van der Waals surface area contributed by atoms with Gasteiger partial charge in [-0.1, -0.05) is 47.5 Å². The van der Waals surface area contributed by atoms with Crippen LogP contribution in [0.1, 0.15) is 11.3 Å². The molecule has 4 rings (SSSR count). The zero-order chi connectivity index (χ0) is 22.3. The van der Waals surface area contributed by atoms with E-state index in [-0.39, 0.29) is 11.4 Å². The molecule has 0 fully saturated rings. The SMILES string of the molecule is Cc1c2c(nn1CC(=O)N/N=C/c1ccc(Cl)cc1Cl)-c1ccccc1S(=O)(=O)N2C. The fourth-order valence-corrected chi connectivity index (χ4v) is 5.26. The number of fused-ring (bicyclic) bond motifs is 3. The molecule has 1 aliphatic rings. The Morgan fingerprint density at radius 3 is 2.71 bits per heavy atom. The molecular weight excluding hydrogens is 461 g/mol. The number of nitrogens with zero attached hydrogens (tertiary/aromatic N) is 4. The lowest BCUT2D eigenvalue weighted by atomic mass is 10.1. The van der Waals surface area contributed by atoms with E-state index in [0.717, 1.165) is 0 Å². The van der Waals surface area contributed by atoms with Gasteiger partial charge in [-0.15, -0.1) is 0 Å². The first kappa shape index (κ1) is 21.4. The third-order valence-electron chi connectivity index (χ3n) is 4.92. The number of hydrogen-bond acceptors (Lipinski definition) is 5. The summed E-state index contributed by atoms with van der Waals surface area (Å²) in [5.41, 5.74) is 5.03. The molecule has 160 valence electrons. The Morgan fingerprint density at radius 2 is 1.97 bits per heavy atom. The lowest BCUT2D eigenvalue weighted by molar-refractivity contribution is -0.121. The van der Waals surface area contributed by atoms with Crippen molar-refractivity contribution in [1.29, 1.82) is 0 Å². The molecule has 31 heavy (non-hydrogen) atoms. The number of carbonyl (C=O) groups excluding carboxylic acids is 1. The van der Waals surface area contributed by atoms with E-state index in [4.69, 9.17) is 23.2 Å². The number of carbonyl (C=O) groups is 1. The molecule has 1 N–H and O–H groups in total. The van der Waals surface area contributed by atoms with E-state index in [9.17, 15) is 13.2 Å². The highest BCUT2D eigenvalue weighted by Gasteiger charge is 2.36. The summed E-state index contributed by atoms with van der Waals surface area (Å²) >= 11 is 11.9. The van der Waals surface area contributed by atoms with Crippen molar-refractivity contribution in [3.8, 4) is 11.3 Å². The maximum Gasteiger partial charge on any atom is 0.264 e. The molecule has 0 saturated carbocycles. The normalized spacial score (nSPS) is 14.4. The van der Waals surface area contributed by atoms with Crippen LogP contribution >= 0.6 is 23.2 Å². The summed E-state index contributed by atoms with van der Waals surface area (Å²) in [6, 6.07) is 11.6. The predicted octanol–water partition coefficient (Wildman–Crippen LogP) is 3.45. The molecule has 0 saturated heterocycles. The highest BCUT2D eigenvalue weighted by Crippen LogP contribution is 2.43. The zero-order valence-corrected chi connectivity index (χ0v) is 18.8. The Morgan fingerprint density at radius 1 is 1.23 bits per heavy atom. The number of halogens is 2. The van der Waals surface area contributed by atoms with Crippen LogP contribution in [0.15, 0.2) is 52.5 Å². The molecule has 1 amide bonds. The first-order chi connectivity index (χ1) is 14.7. The molecule has 2 aromatic carbocycles. The van der Waals surface area contributed by atoms with Crippen LogP contribution in [0.4, 0.5) is 5.69 Å². The minimum Gasteiger partial charge on any atom is -0.271 e. The summed E-state index contributed by atoms with van der Waals surface area (Å²) in [5.74, 6) is -0.428. The topological polar surface area (TPSA) is 96.7 Å². The predicted molar refractivity (Wildman–Crippen MR) is 120 cm³/mol. The van der Waals surface area contributed by atoms with Gasteiger partial charge in [-0.05, 0) is 25.1 Å². The summed E-state index contributed by atoms with van der Waals surface area (Å²) in [6.45, 7) is 1.58. The third kappa shape index (κ3) is 3.80. The molecule has 11 heteroatoms. The molecule has 0 aliphatic carbocycles. The van der Waals surface area contributed by atoms with Gasteiger partial charge in [0.1, 0.15) is 17.9 Å². The van der Waals surface area contributed by atoms with Crippen molar-refractivity contribution < 1.29 is 13.2 Å². The Balaban J connectivity index is 1.58. The van der Waals surface area contributed by atoms with E-state index < -0.39 is 15.9 Å². The van der Waals surface area contributed by atoms with E-state index in [1.54, 1.807) is 49.4 Å².